The maximum Gasteiger partial charge on any atom is 0.164 e. The average molecular weight is 1680 g/mol. The molecule has 0 aliphatic heterocycles. The van der Waals surface area contributed by atoms with Crippen LogP contribution < -0.4 is 0 Å². The zero-order valence-electron chi connectivity index (χ0n) is 70.4. The number of fused-ring (bicyclic) bond motifs is 14. The van der Waals surface area contributed by atoms with Crippen LogP contribution in [0.5, 0.6) is 0 Å². The van der Waals surface area contributed by atoms with Crippen molar-refractivity contribution in [1.82, 2.24) is 44.9 Å². The number of hydrogen-bond acceptors (Lipinski definition) is 12. The maximum absolute atomic E-state index is 6.23. The van der Waals surface area contributed by atoms with Crippen LogP contribution in [0.2, 0.25) is 0 Å². The highest BCUT2D eigenvalue weighted by Gasteiger charge is 2.23. The monoisotopic (exact) mass is 1680 g/mol. The van der Waals surface area contributed by atoms with Crippen LogP contribution in [0.4, 0.5) is 0 Å². The minimum atomic E-state index is 0.634. The molecule has 612 valence electrons. The molecule has 0 atom stereocenters. The average Bonchev–Trinajstić information content (AvgIpc) is 1.67. The smallest absolute Gasteiger partial charge is 0.164 e. The van der Waals surface area contributed by atoms with Gasteiger partial charge < -0.3 is 13.3 Å². The fourth-order valence-corrected chi connectivity index (χ4v) is 18.0. The van der Waals surface area contributed by atoms with Crippen LogP contribution in [-0.4, -0.2) is 44.9 Å². The van der Waals surface area contributed by atoms with Gasteiger partial charge in [0.25, 0.3) is 0 Å². The molecular weight excluding hydrogens is 1600 g/mol. The van der Waals surface area contributed by atoms with E-state index in [9.17, 15) is 0 Å². The molecule has 26 aromatic rings. The Labute approximate surface area is 751 Å². The highest BCUT2D eigenvalue weighted by Crippen LogP contribution is 2.44. The Morgan fingerprint density at radius 1 is 0.122 bits per heavy atom. The second kappa shape index (κ2) is 32.9. The van der Waals surface area contributed by atoms with Gasteiger partial charge in [0.1, 0.15) is 33.5 Å². The first-order chi connectivity index (χ1) is 64.8. The predicted molar refractivity (Wildman–Crippen MR) is 534 cm³/mol. The Balaban J connectivity index is 0.000000109. The van der Waals surface area contributed by atoms with Gasteiger partial charge in [-0.2, -0.15) is 0 Å². The van der Waals surface area contributed by atoms with Crippen LogP contribution in [0.25, 0.3) is 256 Å². The first kappa shape index (κ1) is 76.8. The van der Waals surface area contributed by atoms with Crippen LogP contribution >= 0.6 is 0 Å². The van der Waals surface area contributed by atoms with Crippen molar-refractivity contribution in [2.45, 2.75) is 0 Å². The van der Waals surface area contributed by atoms with E-state index in [2.05, 4.69) is 315 Å². The number of para-hydroxylation sites is 3. The van der Waals surface area contributed by atoms with Crippen LogP contribution in [0, 0.1) is 0 Å². The first-order valence-corrected chi connectivity index (χ1v) is 43.7. The van der Waals surface area contributed by atoms with Gasteiger partial charge in [0, 0.05) is 82.4 Å². The molecule has 0 fully saturated rings. The molecule has 0 N–H and O–H groups in total. The number of aromatic nitrogens is 9. The van der Waals surface area contributed by atoms with E-state index in [-0.39, 0.29) is 0 Å². The zero-order valence-corrected chi connectivity index (χ0v) is 70.4. The fourth-order valence-electron chi connectivity index (χ4n) is 18.0. The summed E-state index contributed by atoms with van der Waals surface area (Å²) in [4.78, 5) is 44.9. The van der Waals surface area contributed by atoms with Gasteiger partial charge in [0.05, 0.1) is 0 Å². The van der Waals surface area contributed by atoms with Crippen molar-refractivity contribution in [3.8, 4) is 136 Å². The third kappa shape index (κ3) is 14.7. The Bertz CT molecular complexity index is 8840. The van der Waals surface area contributed by atoms with Crippen molar-refractivity contribution < 1.29 is 13.3 Å². The molecule has 12 heteroatoms. The van der Waals surface area contributed by atoms with Gasteiger partial charge in [0.15, 0.2) is 52.4 Å². The molecule has 12 nitrogen and oxygen atoms in total. The largest absolute Gasteiger partial charge is 0.456 e. The zero-order chi connectivity index (χ0) is 86.7. The van der Waals surface area contributed by atoms with Gasteiger partial charge in [0.2, 0.25) is 0 Å². The van der Waals surface area contributed by atoms with Gasteiger partial charge >= 0.3 is 0 Å². The second-order valence-corrected chi connectivity index (χ2v) is 32.6. The minimum Gasteiger partial charge on any atom is -0.456 e. The van der Waals surface area contributed by atoms with Crippen LogP contribution in [0.1, 0.15) is 0 Å². The van der Waals surface area contributed by atoms with E-state index in [0.717, 1.165) is 182 Å². The van der Waals surface area contributed by atoms with E-state index < -0.39 is 0 Å². The van der Waals surface area contributed by atoms with E-state index in [1.54, 1.807) is 0 Å². The topological polar surface area (TPSA) is 155 Å². The Hall–Kier alpha value is -17.9. The van der Waals surface area contributed by atoms with E-state index >= 15 is 0 Å². The van der Waals surface area contributed by atoms with Gasteiger partial charge in [-0.1, -0.05) is 370 Å². The van der Waals surface area contributed by atoms with Crippen LogP contribution in [-0.2, 0) is 0 Å². The number of hydrogen-bond donors (Lipinski definition) is 0. The molecule has 0 amide bonds. The molecule has 0 saturated carbocycles. The number of furan rings is 3. The molecule has 0 radical (unpaired) electrons. The summed E-state index contributed by atoms with van der Waals surface area (Å²) in [6.07, 6.45) is 0. The Kier molecular flexibility index (Phi) is 19.3. The molecular formula is C119H73N9O3. The molecule has 0 spiro atoms. The molecule has 6 aromatic heterocycles. The molecule has 131 heavy (non-hydrogen) atoms. The van der Waals surface area contributed by atoms with Crippen molar-refractivity contribution in [1.29, 1.82) is 0 Å². The third-order valence-corrected chi connectivity index (χ3v) is 24.6. The Morgan fingerprint density at radius 3 is 0.832 bits per heavy atom. The second-order valence-electron chi connectivity index (χ2n) is 32.6. The lowest BCUT2D eigenvalue weighted by atomic mass is 9.92. The Morgan fingerprint density at radius 2 is 0.397 bits per heavy atom. The van der Waals surface area contributed by atoms with Gasteiger partial charge in [-0.05, 0) is 160 Å². The standard InChI is InChI=1S/2C41H25N3O.C37H23N3O/c1-3-10-30-24-32(22-16-26(30)8-1)40-42-39(43-41(44-40)33-23-17-27-9-2-4-11-31(27)25-33)29-20-18-28(19-21-29)34-13-7-15-37-38(34)35-12-5-6-14-36(35)45-37;1-2-12-27(13-3-1)39-42-40(29-22-21-26-11-4-5-14-28(26)25-29)44-41(43-39)34-24-23-32(30-15-6-7-16-31(30)34)33-18-10-20-37-38(33)35-17-8-9-19-36(35)45-37;1-2-9-26(10-3-1)35-38-36(40-37(39-35)30-19-16-24-8-4-5-11-28(24)22-30)27-17-14-25(15-18-27)29-20-21-34-32(23-29)31-12-6-7-13-33(31)41-34/h2*1-25H;1-23H. The van der Waals surface area contributed by atoms with Crippen molar-refractivity contribution in [2.75, 3.05) is 0 Å². The summed E-state index contributed by atoms with van der Waals surface area (Å²) >= 11 is 0. The lowest BCUT2D eigenvalue weighted by Gasteiger charge is -2.14. The summed E-state index contributed by atoms with van der Waals surface area (Å²) in [5, 5.41) is 18.2. The fraction of sp³-hybridized carbons (Fsp3) is 0. The molecule has 0 bridgehead atoms. The van der Waals surface area contributed by atoms with Crippen molar-refractivity contribution in [2.24, 2.45) is 0 Å². The number of rotatable bonds is 12. The van der Waals surface area contributed by atoms with Crippen LogP contribution in [0.15, 0.2) is 456 Å². The molecule has 0 aliphatic carbocycles. The lowest BCUT2D eigenvalue weighted by Crippen LogP contribution is -2.00. The maximum atomic E-state index is 6.23. The summed E-state index contributed by atoms with van der Waals surface area (Å²) < 4.78 is 18.4. The molecule has 26 rings (SSSR count). The van der Waals surface area contributed by atoms with E-state index in [1.807, 2.05) is 127 Å². The summed E-state index contributed by atoms with van der Waals surface area (Å²) in [5.74, 6) is 5.81. The number of benzene rings is 20. The SMILES string of the molecule is c1ccc(-c2nc(-c3ccc(-c4ccc5oc6ccccc6c5c4)cc3)nc(-c3ccc4ccccc4c3)n2)cc1.c1ccc(-c2nc(-c3ccc4ccccc4c3)nc(-c3ccc(-c4cccc5oc6ccccc6c45)c4ccccc34)n2)cc1.c1ccc2cc(-c3nc(-c4ccc(-c5cccc6oc7ccccc7c56)cc4)nc(-c4ccc5ccccc5c4)n3)ccc2c1. The highest BCUT2D eigenvalue weighted by atomic mass is 16.3. The molecule has 0 unspecified atom stereocenters. The minimum absolute atomic E-state index is 0.634. The normalized spacial score (nSPS) is 11.5. The quantitative estimate of drug-likeness (QED) is 0.114. The molecule has 0 aliphatic rings. The van der Waals surface area contributed by atoms with Crippen molar-refractivity contribution in [3.05, 3.63) is 443 Å². The summed E-state index contributed by atoms with van der Waals surface area (Å²) in [7, 11) is 0. The summed E-state index contributed by atoms with van der Waals surface area (Å²) in [6, 6.07) is 152. The van der Waals surface area contributed by atoms with Crippen LogP contribution in [0.3, 0.4) is 0 Å². The van der Waals surface area contributed by atoms with E-state index in [1.165, 1.54) is 21.5 Å². The first-order valence-electron chi connectivity index (χ1n) is 43.7. The number of nitrogens with zero attached hydrogens (tertiary/aromatic N) is 9. The van der Waals surface area contributed by atoms with Crippen molar-refractivity contribution >= 4 is 120 Å². The predicted octanol–water partition coefficient (Wildman–Crippen LogP) is 31.1. The summed E-state index contributed by atoms with van der Waals surface area (Å²) in [5.41, 5.74) is 20.7. The molecule has 6 heterocycles. The van der Waals surface area contributed by atoms with Gasteiger partial charge in [-0.25, -0.2) is 44.9 Å². The molecule has 0 saturated heterocycles. The molecule has 20 aromatic carbocycles. The lowest BCUT2D eigenvalue weighted by molar-refractivity contribution is 0.668. The highest BCUT2D eigenvalue weighted by molar-refractivity contribution is 6.17. The van der Waals surface area contributed by atoms with Gasteiger partial charge in [-0.3, -0.25) is 0 Å². The third-order valence-electron chi connectivity index (χ3n) is 24.6. The van der Waals surface area contributed by atoms with Crippen molar-refractivity contribution in [3.63, 3.8) is 0 Å². The van der Waals surface area contributed by atoms with E-state index in [4.69, 9.17) is 58.1 Å². The summed E-state index contributed by atoms with van der Waals surface area (Å²) in [6.45, 7) is 0. The van der Waals surface area contributed by atoms with E-state index in [0.29, 0.717) is 52.4 Å². The van der Waals surface area contributed by atoms with Gasteiger partial charge in [-0.15, -0.1) is 0 Å².